The molecule has 1 rings (SSSR count). The van der Waals surface area contributed by atoms with Gasteiger partial charge in [-0.15, -0.1) is 0 Å². The molecule has 0 heterocycles. The number of methoxy groups -OCH3 is 1. The normalized spacial score (nSPS) is 33.1. The van der Waals surface area contributed by atoms with Crippen LogP contribution in [0.4, 0.5) is 0 Å². The highest BCUT2D eigenvalue weighted by molar-refractivity contribution is 5.74. The molecule has 0 aromatic carbocycles. The molecule has 1 fully saturated rings. The van der Waals surface area contributed by atoms with Crippen molar-refractivity contribution in [2.45, 2.75) is 45.6 Å². The maximum absolute atomic E-state index is 11.7. The minimum Gasteiger partial charge on any atom is -0.469 e. The molecule has 3 heteroatoms. The van der Waals surface area contributed by atoms with E-state index in [2.05, 4.69) is 0 Å². The molecule has 1 N–H and O–H groups in total. The highest BCUT2D eigenvalue weighted by atomic mass is 16.5. The summed E-state index contributed by atoms with van der Waals surface area (Å²) in [5.74, 6) is -0.367. The SMILES string of the molecule is COC(=O)C(C(C)C)C1(O)CCCC1C. The molecule has 0 bridgehead atoms. The molecule has 0 aliphatic heterocycles. The average Bonchev–Trinajstić information content (AvgIpc) is 2.47. The molecule has 3 atom stereocenters. The number of hydrogen-bond donors (Lipinski definition) is 1. The van der Waals surface area contributed by atoms with Crippen molar-refractivity contribution >= 4 is 5.97 Å². The van der Waals surface area contributed by atoms with Gasteiger partial charge in [-0.05, 0) is 24.7 Å². The Hall–Kier alpha value is -0.570. The van der Waals surface area contributed by atoms with Crippen molar-refractivity contribution in [1.29, 1.82) is 0 Å². The van der Waals surface area contributed by atoms with Gasteiger partial charge in [-0.3, -0.25) is 4.79 Å². The molecule has 1 aliphatic rings. The number of carbonyl (C=O) groups is 1. The van der Waals surface area contributed by atoms with Crippen molar-refractivity contribution in [1.82, 2.24) is 0 Å². The summed E-state index contributed by atoms with van der Waals surface area (Å²) in [7, 11) is 1.39. The van der Waals surface area contributed by atoms with Gasteiger partial charge < -0.3 is 9.84 Å². The van der Waals surface area contributed by atoms with Crippen LogP contribution in [0.1, 0.15) is 40.0 Å². The quantitative estimate of drug-likeness (QED) is 0.731. The largest absolute Gasteiger partial charge is 0.469 e. The van der Waals surface area contributed by atoms with Crippen LogP contribution in [0.2, 0.25) is 0 Å². The summed E-state index contributed by atoms with van der Waals surface area (Å²) >= 11 is 0. The first-order valence-corrected chi connectivity index (χ1v) is 5.73. The van der Waals surface area contributed by atoms with Crippen LogP contribution in [-0.4, -0.2) is 23.8 Å². The van der Waals surface area contributed by atoms with Crippen LogP contribution in [-0.2, 0) is 9.53 Å². The second kappa shape index (κ2) is 4.52. The van der Waals surface area contributed by atoms with E-state index in [4.69, 9.17) is 4.74 Å². The fourth-order valence-corrected chi connectivity index (χ4v) is 2.83. The number of rotatable bonds is 3. The zero-order valence-electron chi connectivity index (χ0n) is 10.1. The molecule has 0 saturated heterocycles. The number of ether oxygens (including phenoxy) is 1. The summed E-state index contributed by atoms with van der Waals surface area (Å²) in [4.78, 5) is 11.7. The summed E-state index contributed by atoms with van der Waals surface area (Å²) < 4.78 is 4.80. The molecular weight excluding hydrogens is 192 g/mol. The third-order valence-corrected chi connectivity index (χ3v) is 3.73. The van der Waals surface area contributed by atoms with Crippen LogP contribution in [0.5, 0.6) is 0 Å². The third-order valence-electron chi connectivity index (χ3n) is 3.73. The van der Waals surface area contributed by atoms with Gasteiger partial charge in [0.1, 0.15) is 0 Å². The topological polar surface area (TPSA) is 46.5 Å². The first kappa shape index (κ1) is 12.5. The zero-order chi connectivity index (χ0) is 11.6. The Morgan fingerprint density at radius 1 is 1.53 bits per heavy atom. The molecule has 0 spiro atoms. The number of aliphatic hydroxyl groups is 1. The van der Waals surface area contributed by atoms with E-state index in [1.165, 1.54) is 7.11 Å². The van der Waals surface area contributed by atoms with Crippen molar-refractivity contribution in [3.8, 4) is 0 Å². The van der Waals surface area contributed by atoms with Crippen molar-refractivity contribution in [2.24, 2.45) is 17.8 Å². The predicted molar refractivity (Wildman–Crippen MR) is 58.3 cm³/mol. The van der Waals surface area contributed by atoms with Crippen LogP contribution >= 0.6 is 0 Å². The van der Waals surface area contributed by atoms with Gasteiger partial charge in [0.05, 0.1) is 18.6 Å². The Balaban J connectivity index is 2.92. The van der Waals surface area contributed by atoms with Crippen LogP contribution in [0.3, 0.4) is 0 Å². The number of hydrogen-bond acceptors (Lipinski definition) is 3. The molecule has 0 amide bonds. The highest BCUT2D eigenvalue weighted by Crippen LogP contribution is 2.43. The standard InChI is InChI=1S/C12H22O3/c1-8(2)10(11(13)15-4)12(14)7-5-6-9(12)3/h8-10,14H,5-7H2,1-4H3. The Morgan fingerprint density at radius 2 is 2.13 bits per heavy atom. The summed E-state index contributed by atoms with van der Waals surface area (Å²) in [5, 5.41) is 10.6. The number of carbonyl (C=O) groups excluding carboxylic acids is 1. The van der Waals surface area contributed by atoms with E-state index in [-0.39, 0.29) is 23.7 Å². The van der Waals surface area contributed by atoms with E-state index < -0.39 is 5.60 Å². The summed E-state index contributed by atoms with van der Waals surface area (Å²) in [6, 6.07) is 0. The van der Waals surface area contributed by atoms with Gasteiger partial charge in [-0.25, -0.2) is 0 Å². The maximum atomic E-state index is 11.7. The van der Waals surface area contributed by atoms with Crippen LogP contribution < -0.4 is 0 Å². The van der Waals surface area contributed by atoms with Crippen molar-refractivity contribution in [3.63, 3.8) is 0 Å². The summed E-state index contributed by atoms with van der Waals surface area (Å²) in [5.41, 5.74) is -0.860. The Kier molecular flexibility index (Phi) is 3.77. The minimum absolute atomic E-state index is 0.114. The van der Waals surface area contributed by atoms with Gasteiger partial charge in [0.15, 0.2) is 0 Å². The van der Waals surface area contributed by atoms with Gasteiger partial charge in [0, 0.05) is 0 Å². The maximum Gasteiger partial charge on any atom is 0.311 e. The third kappa shape index (κ3) is 2.17. The zero-order valence-corrected chi connectivity index (χ0v) is 10.1. The fourth-order valence-electron chi connectivity index (χ4n) is 2.83. The number of esters is 1. The molecule has 0 radical (unpaired) electrons. The molecule has 88 valence electrons. The summed E-state index contributed by atoms with van der Waals surface area (Å²) in [6.07, 6.45) is 2.71. The van der Waals surface area contributed by atoms with E-state index in [0.29, 0.717) is 6.42 Å². The van der Waals surface area contributed by atoms with Gasteiger partial charge in [-0.1, -0.05) is 27.2 Å². The fraction of sp³-hybridized carbons (Fsp3) is 0.917. The molecule has 0 aromatic rings. The molecular formula is C12H22O3. The minimum atomic E-state index is -0.860. The Labute approximate surface area is 91.8 Å². The molecule has 0 aromatic heterocycles. The smallest absolute Gasteiger partial charge is 0.311 e. The van der Waals surface area contributed by atoms with E-state index in [1.54, 1.807) is 0 Å². The molecule has 1 aliphatic carbocycles. The lowest BCUT2D eigenvalue weighted by Gasteiger charge is -2.36. The van der Waals surface area contributed by atoms with Crippen LogP contribution in [0.25, 0.3) is 0 Å². The lowest BCUT2D eigenvalue weighted by atomic mass is 9.74. The average molecular weight is 214 g/mol. The molecule has 15 heavy (non-hydrogen) atoms. The first-order valence-electron chi connectivity index (χ1n) is 5.73. The van der Waals surface area contributed by atoms with E-state index in [9.17, 15) is 9.90 Å². The molecule has 3 unspecified atom stereocenters. The lowest BCUT2D eigenvalue weighted by Crippen LogP contribution is -2.47. The Bertz CT molecular complexity index is 237. The first-order chi connectivity index (χ1) is 6.93. The van der Waals surface area contributed by atoms with Crippen molar-refractivity contribution in [2.75, 3.05) is 7.11 Å². The van der Waals surface area contributed by atoms with Gasteiger partial charge in [0.25, 0.3) is 0 Å². The van der Waals surface area contributed by atoms with Crippen LogP contribution in [0, 0.1) is 17.8 Å². The highest BCUT2D eigenvalue weighted by Gasteiger charge is 2.49. The van der Waals surface area contributed by atoms with Crippen molar-refractivity contribution < 1.29 is 14.6 Å². The predicted octanol–water partition coefficient (Wildman–Crippen LogP) is 1.98. The van der Waals surface area contributed by atoms with Crippen LogP contribution in [0.15, 0.2) is 0 Å². The monoisotopic (exact) mass is 214 g/mol. The van der Waals surface area contributed by atoms with Gasteiger partial charge in [0.2, 0.25) is 0 Å². The molecule has 1 saturated carbocycles. The van der Waals surface area contributed by atoms with E-state index in [0.717, 1.165) is 12.8 Å². The van der Waals surface area contributed by atoms with Gasteiger partial charge in [-0.2, -0.15) is 0 Å². The van der Waals surface area contributed by atoms with E-state index >= 15 is 0 Å². The summed E-state index contributed by atoms with van der Waals surface area (Å²) in [6.45, 7) is 5.94. The second-order valence-corrected chi connectivity index (χ2v) is 5.03. The second-order valence-electron chi connectivity index (χ2n) is 5.03. The van der Waals surface area contributed by atoms with Gasteiger partial charge >= 0.3 is 5.97 Å². The lowest BCUT2D eigenvalue weighted by molar-refractivity contribution is -0.162. The van der Waals surface area contributed by atoms with E-state index in [1.807, 2.05) is 20.8 Å². The van der Waals surface area contributed by atoms with Crippen molar-refractivity contribution in [3.05, 3.63) is 0 Å². The Morgan fingerprint density at radius 3 is 2.47 bits per heavy atom. The molecule has 3 nitrogen and oxygen atoms in total.